The van der Waals surface area contributed by atoms with Crippen LogP contribution in [0.5, 0.6) is 0 Å². The molecule has 2 rings (SSSR count). The van der Waals surface area contributed by atoms with E-state index in [9.17, 15) is 29.4 Å². The molecule has 186 valence electrons. The van der Waals surface area contributed by atoms with E-state index in [1.807, 2.05) is 0 Å². The van der Waals surface area contributed by atoms with Crippen molar-refractivity contribution < 1.29 is 29.4 Å². The van der Waals surface area contributed by atoms with Gasteiger partial charge in [-0.25, -0.2) is 14.8 Å². The van der Waals surface area contributed by atoms with Crippen molar-refractivity contribution in [3.05, 3.63) is 36.4 Å². The van der Waals surface area contributed by atoms with E-state index in [2.05, 4.69) is 35.9 Å². The number of carboxylic acids is 1. The molecule has 0 aliphatic heterocycles. The van der Waals surface area contributed by atoms with Crippen LogP contribution in [0.2, 0.25) is 0 Å². The van der Waals surface area contributed by atoms with Gasteiger partial charge in [0.05, 0.1) is 25.3 Å². The molecule has 14 heteroatoms. The van der Waals surface area contributed by atoms with Gasteiger partial charge in [-0.3, -0.25) is 14.4 Å². The Morgan fingerprint density at radius 3 is 1.91 bits per heavy atom. The zero-order chi connectivity index (χ0) is 25.3. The Morgan fingerprint density at radius 1 is 0.912 bits per heavy atom. The number of hydrogen-bond donors (Lipinski definition) is 8. The lowest BCUT2D eigenvalue weighted by atomic mass is 10.0. The van der Waals surface area contributed by atoms with Crippen LogP contribution in [-0.2, 0) is 32.0 Å². The third-order valence-electron chi connectivity index (χ3n) is 4.99. The number of carbonyl (C=O) groups excluding carboxylic acids is 3. The molecule has 4 atom stereocenters. The number of aliphatic hydroxyl groups excluding tert-OH is 1. The fourth-order valence-electron chi connectivity index (χ4n) is 3.06. The van der Waals surface area contributed by atoms with Crippen LogP contribution in [-0.4, -0.2) is 84.6 Å². The summed E-state index contributed by atoms with van der Waals surface area (Å²) < 4.78 is 0. The van der Waals surface area contributed by atoms with E-state index in [1.54, 1.807) is 13.8 Å². The molecule has 0 spiro atoms. The molecule has 0 aromatic carbocycles. The number of carboxylic acid groups (broad SMARTS) is 1. The van der Waals surface area contributed by atoms with Crippen LogP contribution >= 0.6 is 0 Å². The minimum atomic E-state index is -1.39. The molecule has 0 aliphatic carbocycles. The SMILES string of the molecule is CC(C)C(NC(=O)C(Cc1cnc[nH]1)NC(=O)C(CO)NC(=O)C(N)Cc1cnc[nH]1)C(=O)O. The largest absolute Gasteiger partial charge is 0.480 e. The predicted octanol–water partition coefficient (Wildman–Crippen LogP) is -2.57. The first-order valence-corrected chi connectivity index (χ1v) is 10.6. The van der Waals surface area contributed by atoms with Crippen molar-refractivity contribution in [2.75, 3.05) is 6.61 Å². The van der Waals surface area contributed by atoms with Gasteiger partial charge in [-0.1, -0.05) is 13.8 Å². The molecule has 0 aliphatic rings. The number of nitrogens with one attached hydrogen (secondary N) is 5. The average molecular weight is 479 g/mol. The number of aromatic amines is 2. The van der Waals surface area contributed by atoms with Crippen LogP contribution in [0.25, 0.3) is 0 Å². The number of aliphatic hydroxyl groups is 1. The number of nitrogens with zero attached hydrogens (tertiary/aromatic N) is 2. The van der Waals surface area contributed by atoms with Gasteiger partial charge < -0.3 is 41.9 Å². The maximum Gasteiger partial charge on any atom is 0.326 e. The lowest BCUT2D eigenvalue weighted by Crippen LogP contribution is -2.59. The number of aliphatic carboxylic acids is 1. The van der Waals surface area contributed by atoms with Gasteiger partial charge in [0, 0.05) is 36.6 Å². The summed E-state index contributed by atoms with van der Waals surface area (Å²) >= 11 is 0. The number of hydrogen-bond acceptors (Lipinski definition) is 8. The van der Waals surface area contributed by atoms with E-state index >= 15 is 0 Å². The summed E-state index contributed by atoms with van der Waals surface area (Å²) in [5.74, 6) is -3.92. The molecule has 3 amide bonds. The fourth-order valence-corrected chi connectivity index (χ4v) is 3.06. The lowest BCUT2D eigenvalue weighted by Gasteiger charge is -2.25. The van der Waals surface area contributed by atoms with Crippen molar-refractivity contribution >= 4 is 23.7 Å². The fraction of sp³-hybridized carbons (Fsp3) is 0.500. The summed E-state index contributed by atoms with van der Waals surface area (Å²) in [5.41, 5.74) is 6.97. The first-order chi connectivity index (χ1) is 16.1. The zero-order valence-electron chi connectivity index (χ0n) is 18.8. The smallest absolute Gasteiger partial charge is 0.326 e. The minimum Gasteiger partial charge on any atom is -0.480 e. The summed E-state index contributed by atoms with van der Waals surface area (Å²) in [4.78, 5) is 62.8. The van der Waals surface area contributed by atoms with Crippen molar-refractivity contribution in [1.29, 1.82) is 0 Å². The molecule has 14 nitrogen and oxygen atoms in total. The Balaban J connectivity index is 2.08. The molecule has 9 N–H and O–H groups in total. The summed E-state index contributed by atoms with van der Waals surface area (Å²) in [6, 6.07) is -4.80. The second-order valence-electron chi connectivity index (χ2n) is 8.04. The first kappa shape index (κ1) is 26.5. The zero-order valence-corrected chi connectivity index (χ0v) is 18.8. The predicted molar refractivity (Wildman–Crippen MR) is 118 cm³/mol. The van der Waals surface area contributed by atoms with Crippen LogP contribution in [0, 0.1) is 5.92 Å². The van der Waals surface area contributed by atoms with Crippen molar-refractivity contribution in [1.82, 2.24) is 35.9 Å². The molecule has 0 saturated carbocycles. The van der Waals surface area contributed by atoms with E-state index in [-0.39, 0.29) is 12.8 Å². The normalized spacial score (nSPS) is 14.6. The van der Waals surface area contributed by atoms with Gasteiger partial charge >= 0.3 is 5.97 Å². The van der Waals surface area contributed by atoms with Gasteiger partial charge in [-0.15, -0.1) is 0 Å². The van der Waals surface area contributed by atoms with E-state index in [1.165, 1.54) is 25.0 Å². The lowest BCUT2D eigenvalue weighted by molar-refractivity contribution is -0.143. The highest BCUT2D eigenvalue weighted by Gasteiger charge is 2.31. The Bertz CT molecular complexity index is 946. The Morgan fingerprint density at radius 2 is 1.44 bits per heavy atom. The Kier molecular flexibility index (Phi) is 9.70. The Labute approximate surface area is 195 Å². The van der Waals surface area contributed by atoms with Gasteiger partial charge in [0.15, 0.2) is 0 Å². The highest BCUT2D eigenvalue weighted by Crippen LogP contribution is 2.05. The van der Waals surface area contributed by atoms with Crippen LogP contribution in [0.1, 0.15) is 25.2 Å². The summed E-state index contributed by atoms with van der Waals surface area (Å²) in [6.07, 6.45) is 5.86. The van der Waals surface area contributed by atoms with Gasteiger partial charge in [-0.2, -0.15) is 0 Å². The number of nitrogens with two attached hydrogens (primary N) is 1. The van der Waals surface area contributed by atoms with Gasteiger partial charge in [0.1, 0.15) is 18.1 Å². The van der Waals surface area contributed by atoms with E-state index in [0.717, 1.165) is 0 Å². The third kappa shape index (κ3) is 7.67. The molecule has 34 heavy (non-hydrogen) atoms. The molecule has 2 aromatic heterocycles. The number of imidazole rings is 2. The van der Waals surface area contributed by atoms with Crippen LogP contribution in [0.15, 0.2) is 25.0 Å². The average Bonchev–Trinajstić information content (AvgIpc) is 3.48. The molecule has 2 aromatic rings. The third-order valence-corrected chi connectivity index (χ3v) is 4.99. The van der Waals surface area contributed by atoms with E-state index in [0.29, 0.717) is 11.4 Å². The maximum atomic E-state index is 12.8. The first-order valence-electron chi connectivity index (χ1n) is 10.6. The number of H-pyrrole nitrogens is 2. The van der Waals surface area contributed by atoms with Gasteiger partial charge in [0.2, 0.25) is 17.7 Å². The summed E-state index contributed by atoms with van der Waals surface area (Å²) in [5, 5.41) is 26.2. The van der Waals surface area contributed by atoms with E-state index in [4.69, 9.17) is 5.73 Å². The van der Waals surface area contributed by atoms with Crippen molar-refractivity contribution in [3.8, 4) is 0 Å². The van der Waals surface area contributed by atoms with Crippen molar-refractivity contribution in [2.45, 2.75) is 50.9 Å². The van der Waals surface area contributed by atoms with Crippen LogP contribution < -0.4 is 21.7 Å². The minimum absolute atomic E-state index is 0.0343. The number of rotatable bonds is 13. The van der Waals surface area contributed by atoms with Crippen molar-refractivity contribution in [3.63, 3.8) is 0 Å². The standard InChI is InChI=1S/C20H30N8O6/c1-10(2)16(20(33)34)28-18(31)14(4-12-6-23-9-25-12)26-19(32)15(7-29)27-17(30)13(21)3-11-5-22-8-24-11/h5-6,8-10,13-16,29H,3-4,7,21H2,1-2H3,(H,22,24)(H,23,25)(H,26,32)(H,27,30)(H,28,31)(H,33,34). The molecular weight excluding hydrogens is 448 g/mol. The number of amides is 3. The van der Waals surface area contributed by atoms with Gasteiger partial charge in [0.25, 0.3) is 0 Å². The second-order valence-corrected chi connectivity index (χ2v) is 8.04. The molecule has 0 saturated heterocycles. The summed E-state index contributed by atoms with van der Waals surface area (Å²) in [7, 11) is 0. The second kappa shape index (κ2) is 12.5. The van der Waals surface area contributed by atoms with Gasteiger partial charge in [-0.05, 0) is 5.92 Å². The number of carbonyl (C=O) groups is 4. The summed E-state index contributed by atoms with van der Waals surface area (Å²) in [6.45, 7) is 2.51. The highest BCUT2D eigenvalue weighted by atomic mass is 16.4. The molecule has 0 radical (unpaired) electrons. The van der Waals surface area contributed by atoms with Crippen LogP contribution in [0.4, 0.5) is 0 Å². The van der Waals surface area contributed by atoms with Crippen LogP contribution in [0.3, 0.4) is 0 Å². The van der Waals surface area contributed by atoms with Crippen molar-refractivity contribution in [2.24, 2.45) is 11.7 Å². The monoisotopic (exact) mass is 478 g/mol. The molecule has 0 bridgehead atoms. The quantitative estimate of drug-likeness (QED) is 0.151. The topological polar surface area (TPSA) is 228 Å². The highest BCUT2D eigenvalue weighted by molar-refractivity contribution is 5.94. The van der Waals surface area contributed by atoms with E-state index < -0.39 is 60.4 Å². The Hall–Kier alpha value is -3.78. The molecule has 0 fully saturated rings. The molecular formula is C20H30N8O6. The molecule has 4 unspecified atom stereocenters. The molecule has 2 heterocycles. The maximum absolute atomic E-state index is 12.8. The number of aromatic nitrogens is 4.